The number of benzene rings is 6. The van der Waals surface area contributed by atoms with Crippen molar-refractivity contribution >= 4 is 39.3 Å². The van der Waals surface area contributed by atoms with Crippen LogP contribution in [0, 0.1) is 0 Å². The summed E-state index contributed by atoms with van der Waals surface area (Å²) in [5.74, 6) is 0.676. The lowest BCUT2D eigenvalue weighted by Crippen LogP contribution is -2.18. The minimum absolute atomic E-state index is 0.676. The molecule has 0 fully saturated rings. The molecular weight excluding hydrogens is 585 g/mol. The van der Waals surface area contributed by atoms with Gasteiger partial charge in [0.15, 0.2) is 5.58 Å². The first-order valence-electron chi connectivity index (χ1n) is 16.8. The maximum absolute atomic E-state index is 6.21. The van der Waals surface area contributed by atoms with Crippen molar-refractivity contribution in [1.29, 1.82) is 0 Å². The van der Waals surface area contributed by atoms with Crippen LogP contribution in [0.4, 0.5) is 11.4 Å². The number of hydrogen-bond donors (Lipinski definition) is 0. The van der Waals surface area contributed by atoms with Crippen LogP contribution in [0.3, 0.4) is 0 Å². The minimum atomic E-state index is 0.676. The number of aromatic nitrogens is 1. The Morgan fingerprint density at radius 2 is 1.27 bits per heavy atom. The Balaban J connectivity index is 1.05. The maximum Gasteiger partial charge on any atom is 0.227 e. The van der Waals surface area contributed by atoms with Crippen molar-refractivity contribution in [3.63, 3.8) is 0 Å². The molecule has 7 aromatic rings. The number of rotatable bonds is 6. The number of fused-ring (bicyclic) bond motifs is 4. The molecule has 3 nitrogen and oxygen atoms in total. The molecule has 0 aliphatic heterocycles. The van der Waals surface area contributed by atoms with Crippen molar-refractivity contribution in [2.75, 3.05) is 4.90 Å². The topological polar surface area (TPSA) is 29.3 Å². The van der Waals surface area contributed by atoms with Crippen molar-refractivity contribution < 1.29 is 4.42 Å². The fourth-order valence-corrected chi connectivity index (χ4v) is 7.31. The van der Waals surface area contributed by atoms with Crippen molar-refractivity contribution in [3.05, 3.63) is 180 Å². The summed E-state index contributed by atoms with van der Waals surface area (Å²) in [4.78, 5) is 7.38. The molecule has 2 aliphatic rings. The number of nitrogens with zero attached hydrogens (tertiary/aromatic N) is 2. The summed E-state index contributed by atoms with van der Waals surface area (Å²) in [6.45, 7) is 0. The van der Waals surface area contributed by atoms with E-state index in [-0.39, 0.29) is 0 Å². The van der Waals surface area contributed by atoms with E-state index in [1.54, 1.807) is 0 Å². The van der Waals surface area contributed by atoms with E-state index in [1.165, 1.54) is 61.2 Å². The molecule has 2 aliphatic carbocycles. The van der Waals surface area contributed by atoms with Gasteiger partial charge >= 0.3 is 0 Å². The lowest BCUT2D eigenvalue weighted by atomic mass is 9.85. The van der Waals surface area contributed by atoms with Gasteiger partial charge in [-0.05, 0) is 119 Å². The van der Waals surface area contributed by atoms with E-state index >= 15 is 0 Å². The van der Waals surface area contributed by atoms with Gasteiger partial charge in [0, 0.05) is 28.2 Å². The van der Waals surface area contributed by atoms with Gasteiger partial charge < -0.3 is 9.32 Å². The maximum atomic E-state index is 6.21. The van der Waals surface area contributed by atoms with E-state index in [0.717, 1.165) is 42.3 Å². The van der Waals surface area contributed by atoms with E-state index in [1.807, 2.05) is 30.3 Å². The van der Waals surface area contributed by atoms with Gasteiger partial charge in [-0.1, -0.05) is 103 Å². The van der Waals surface area contributed by atoms with Crippen molar-refractivity contribution in [2.24, 2.45) is 0 Å². The highest BCUT2D eigenvalue weighted by molar-refractivity contribution is 5.97. The predicted octanol–water partition coefficient (Wildman–Crippen LogP) is 12.1. The summed E-state index contributed by atoms with van der Waals surface area (Å²) in [6.07, 6.45) is 11.0. The molecule has 0 unspecified atom stereocenters. The van der Waals surface area contributed by atoms with Gasteiger partial charge in [-0.15, -0.1) is 0 Å². The van der Waals surface area contributed by atoms with Crippen molar-refractivity contribution in [2.45, 2.75) is 25.7 Å². The monoisotopic (exact) mass is 618 g/mol. The van der Waals surface area contributed by atoms with E-state index in [0.29, 0.717) is 5.89 Å². The summed E-state index contributed by atoms with van der Waals surface area (Å²) in [7, 11) is 0. The first-order valence-corrected chi connectivity index (χ1v) is 16.8. The second kappa shape index (κ2) is 12.0. The fourth-order valence-electron chi connectivity index (χ4n) is 7.31. The molecule has 1 heterocycles. The highest BCUT2D eigenvalue weighted by Gasteiger charge is 2.22. The molecule has 0 saturated heterocycles. The first kappa shape index (κ1) is 28.3. The average molecular weight is 619 g/mol. The molecule has 0 saturated carbocycles. The molecule has 0 spiro atoms. The van der Waals surface area contributed by atoms with Gasteiger partial charge in [0.1, 0.15) is 5.52 Å². The van der Waals surface area contributed by atoms with Crippen LogP contribution in [0.15, 0.2) is 173 Å². The molecular formula is C45H34N2O. The SMILES string of the molecule is C1=C(C2=Cc3c(ccc4oc(-c5ccccc5)nc34)CC2)CCC(N(c2ccccc2)c2ccc(-c3cccc4ccccc34)cc2)=C1. The predicted molar refractivity (Wildman–Crippen MR) is 199 cm³/mol. The molecule has 48 heavy (non-hydrogen) atoms. The third-order valence-electron chi connectivity index (χ3n) is 9.76. The van der Waals surface area contributed by atoms with Gasteiger partial charge in [-0.2, -0.15) is 0 Å². The normalized spacial score (nSPS) is 14.3. The minimum Gasteiger partial charge on any atom is -0.436 e. The Bertz CT molecular complexity index is 2370. The largest absolute Gasteiger partial charge is 0.436 e. The Kier molecular flexibility index (Phi) is 7.09. The molecule has 0 atom stereocenters. The molecule has 1 aromatic heterocycles. The molecule has 0 radical (unpaired) electrons. The third kappa shape index (κ3) is 5.14. The summed E-state index contributed by atoms with van der Waals surface area (Å²) < 4.78 is 6.21. The Hall–Kier alpha value is -5.93. The number of hydrogen-bond acceptors (Lipinski definition) is 3. The van der Waals surface area contributed by atoms with Gasteiger partial charge in [0.2, 0.25) is 5.89 Å². The molecule has 0 bridgehead atoms. The lowest BCUT2D eigenvalue weighted by molar-refractivity contribution is 0.620. The van der Waals surface area contributed by atoms with Gasteiger partial charge in [0.25, 0.3) is 0 Å². The van der Waals surface area contributed by atoms with Crippen molar-refractivity contribution in [1.82, 2.24) is 4.98 Å². The number of para-hydroxylation sites is 1. The third-order valence-corrected chi connectivity index (χ3v) is 9.76. The van der Waals surface area contributed by atoms with Crippen LogP contribution < -0.4 is 4.90 Å². The van der Waals surface area contributed by atoms with Crippen LogP contribution in [0.2, 0.25) is 0 Å². The summed E-state index contributed by atoms with van der Waals surface area (Å²) in [5.41, 5.74) is 14.3. The number of aryl methyl sites for hydroxylation is 1. The molecule has 0 amide bonds. The van der Waals surface area contributed by atoms with Crippen LogP contribution in [0.25, 0.3) is 50.5 Å². The van der Waals surface area contributed by atoms with E-state index in [2.05, 4.69) is 132 Å². The standard InChI is InChI=1S/C45H34N2O/c1-3-11-35(12-4-1)45-46-44-42-30-36(19-18-34(42)24-29-43(44)48-45)31-20-25-38(26-21-31)47(37-14-5-2-6-15-37)39-27-22-33(23-28-39)41-17-9-13-32-10-7-8-16-40(32)41/h1-17,20,22-25,27-30H,18-19,21,26H2. The van der Waals surface area contributed by atoms with E-state index in [9.17, 15) is 0 Å². The van der Waals surface area contributed by atoms with Crippen LogP contribution in [0.5, 0.6) is 0 Å². The first-order chi connectivity index (χ1) is 23.8. The Morgan fingerprint density at radius 1 is 0.542 bits per heavy atom. The highest BCUT2D eigenvalue weighted by Crippen LogP contribution is 2.40. The van der Waals surface area contributed by atoms with E-state index < -0.39 is 0 Å². The van der Waals surface area contributed by atoms with Crippen LogP contribution in [-0.4, -0.2) is 4.98 Å². The van der Waals surface area contributed by atoms with E-state index in [4.69, 9.17) is 9.40 Å². The molecule has 6 aromatic carbocycles. The molecule has 230 valence electrons. The zero-order valence-electron chi connectivity index (χ0n) is 26.6. The lowest BCUT2D eigenvalue weighted by Gasteiger charge is -2.30. The molecule has 3 heteroatoms. The van der Waals surface area contributed by atoms with Gasteiger partial charge in [0.05, 0.1) is 0 Å². The highest BCUT2D eigenvalue weighted by atomic mass is 16.3. The summed E-state index contributed by atoms with van der Waals surface area (Å²) in [6, 6.07) is 49.4. The zero-order valence-corrected chi connectivity index (χ0v) is 26.6. The second-order valence-corrected chi connectivity index (χ2v) is 12.6. The zero-order chi connectivity index (χ0) is 31.9. The van der Waals surface area contributed by atoms with Crippen LogP contribution in [-0.2, 0) is 6.42 Å². The van der Waals surface area contributed by atoms with Crippen LogP contribution in [0.1, 0.15) is 30.4 Å². The smallest absolute Gasteiger partial charge is 0.227 e. The quantitative estimate of drug-likeness (QED) is 0.186. The Morgan fingerprint density at radius 3 is 2.08 bits per heavy atom. The molecule has 0 N–H and O–H groups in total. The summed E-state index contributed by atoms with van der Waals surface area (Å²) >= 11 is 0. The fraction of sp³-hybridized carbons (Fsp3) is 0.0889. The van der Waals surface area contributed by atoms with Crippen LogP contribution >= 0.6 is 0 Å². The second-order valence-electron chi connectivity index (χ2n) is 12.6. The van der Waals surface area contributed by atoms with Gasteiger partial charge in [-0.3, -0.25) is 0 Å². The molecule has 9 rings (SSSR count). The summed E-state index contributed by atoms with van der Waals surface area (Å²) in [5, 5.41) is 2.54. The number of anilines is 2. The Labute approximate surface area is 280 Å². The number of oxazole rings is 1. The van der Waals surface area contributed by atoms with Gasteiger partial charge in [-0.25, -0.2) is 4.98 Å². The number of allylic oxidation sites excluding steroid dienone is 5. The average Bonchev–Trinajstić information content (AvgIpc) is 3.61. The van der Waals surface area contributed by atoms with Crippen molar-refractivity contribution in [3.8, 4) is 22.6 Å².